The summed E-state index contributed by atoms with van der Waals surface area (Å²) in [5.41, 5.74) is 5.16. The van der Waals surface area contributed by atoms with Crippen molar-refractivity contribution in [2.24, 2.45) is 5.73 Å². The molecule has 0 aliphatic rings. The van der Waals surface area contributed by atoms with Gasteiger partial charge >= 0.3 is 0 Å². The molecule has 0 saturated heterocycles. The van der Waals surface area contributed by atoms with Crippen LogP contribution in [0.1, 0.15) is 12.8 Å². The van der Waals surface area contributed by atoms with Gasteiger partial charge in [-0.3, -0.25) is 4.79 Å². The molecule has 1 heterocycles. The number of amides is 1. The summed E-state index contributed by atoms with van der Waals surface area (Å²) < 4.78 is 0. The summed E-state index contributed by atoms with van der Waals surface area (Å²) in [7, 11) is 0. The minimum atomic E-state index is -0.0994. The zero-order valence-corrected chi connectivity index (χ0v) is 11.7. The van der Waals surface area contributed by atoms with Crippen LogP contribution in [0.3, 0.4) is 0 Å². The highest BCUT2D eigenvalue weighted by Crippen LogP contribution is 1.99. The smallest absolute Gasteiger partial charge is 0.233 e. The predicted molar refractivity (Wildman–Crippen MR) is 78.5 cm³/mol. The summed E-state index contributed by atoms with van der Waals surface area (Å²) >= 11 is 0. The Morgan fingerprint density at radius 3 is 2.56 bits per heavy atom. The van der Waals surface area contributed by atoms with Crippen LogP contribution in [-0.4, -0.2) is 30.5 Å². The number of nitrogens with one attached hydrogen (secondary N) is 2. The third-order valence-corrected chi connectivity index (χ3v) is 2.08. The fourth-order valence-corrected chi connectivity index (χ4v) is 1.23. The molecule has 0 aromatic carbocycles. The molecule has 0 unspecified atom stereocenters. The Labute approximate surface area is 120 Å². The Hall–Kier alpha value is -1.04. The highest BCUT2D eigenvalue weighted by Gasteiger charge is 1.95. The van der Waals surface area contributed by atoms with Gasteiger partial charge in [0.2, 0.25) is 5.91 Å². The third kappa shape index (κ3) is 9.04. The fraction of sp³-hybridized carbons (Fsp3) is 0.455. The zero-order chi connectivity index (χ0) is 11.6. The molecule has 1 aromatic rings. The van der Waals surface area contributed by atoms with Gasteiger partial charge in [-0.2, -0.15) is 0 Å². The molecule has 104 valence electrons. The second-order valence-corrected chi connectivity index (χ2v) is 3.40. The van der Waals surface area contributed by atoms with E-state index in [2.05, 4.69) is 15.6 Å². The van der Waals surface area contributed by atoms with Gasteiger partial charge in [-0.05, 0) is 25.0 Å². The van der Waals surface area contributed by atoms with Crippen LogP contribution in [0.5, 0.6) is 0 Å². The number of hydrogen-bond donors (Lipinski definition) is 3. The second-order valence-electron chi connectivity index (χ2n) is 3.40. The molecule has 0 radical (unpaired) electrons. The standard InChI is InChI=1S/C11H18N4O.2ClH/c12-9-11(16)15-8-4-3-7-14-10-5-1-2-6-13-10;;/h1-2,5-6H,3-4,7-9,12H2,(H,13,14)(H,15,16);2*1H. The summed E-state index contributed by atoms with van der Waals surface area (Å²) in [6.07, 6.45) is 3.68. The summed E-state index contributed by atoms with van der Waals surface area (Å²) in [4.78, 5) is 14.9. The first-order valence-corrected chi connectivity index (χ1v) is 5.44. The van der Waals surface area contributed by atoms with Crippen molar-refractivity contribution in [3.63, 3.8) is 0 Å². The normalized spacial score (nSPS) is 8.72. The number of rotatable bonds is 7. The van der Waals surface area contributed by atoms with Crippen LogP contribution in [0, 0.1) is 0 Å². The molecule has 1 aromatic heterocycles. The number of unbranched alkanes of at least 4 members (excludes halogenated alkanes) is 1. The SMILES string of the molecule is Cl.Cl.NCC(=O)NCCCCNc1ccccn1. The Kier molecular flexibility index (Phi) is 13.3. The van der Waals surface area contributed by atoms with Crippen molar-refractivity contribution in [2.45, 2.75) is 12.8 Å². The summed E-state index contributed by atoms with van der Waals surface area (Å²) in [5.74, 6) is 0.783. The van der Waals surface area contributed by atoms with Crippen LogP contribution >= 0.6 is 24.8 Å². The highest BCUT2D eigenvalue weighted by atomic mass is 35.5. The minimum Gasteiger partial charge on any atom is -0.370 e. The average Bonchev–Trinajstić information content (AvgIpc) is 2.34. The van der Waals surface area contributed by atoms with Crippen LogP contribution in [0.2, 0.25) is 0 Å². The molecular weight excluding hydrogens is 275 g/mol. The Morgan fingerprint density at radius 1 is 1.22 bits per heavy atom. The van der Waals surface area contributed by atoms with E-state index in [0.29, 0.717) is 6.54 Å². The number of anilines is 1. The molecule has 1 amide bonds. The van der Waals surface area contributed by atoms with Crippen LogP contribution in [0.15, 0.2) is 24.4 Å². The van der Waals surface area contributed by atoms with E-state index in [1.807, 2.05) is 18.2 Å². The number of carbonyl (C=O) groups excluding carboxylic acids is 1. The molecule has 7 heteroatoms. The van der Waals surface area contributed by atoms with Crippen LogP contribution < -0.4 is 16.4 Å². The lowest BCUT2D eigenvalue weighted by atomic mass is 10.3. The summed E-state index contributed by atoms with van der Waals surface area (Å²) in [6.45, 7) is 1.60. The van der Waals surface area contributed by atoms with E-state index in [9.17, 15) is 4.79 Å². The van der Waals surface area contributed by atoms with E-state index in [1.54, 1.807) is 6.20 Å². The van der Waals surface area contributed by atoms with E-state index in [1.165, 1.54) is 0 Å². The number of carbonyl (C=O) groups is 1. The molecule has 0 aliphatic heterocycles. The average molecular weight is 295 g/mol. The Morgan fingerprint density at radius 2 is 1.94 bits per heavy atom. The molecular formula is C11H20Cl2N4O. The van der Waals surface area contributed by atoms with Crippen molar-refractivity contribution in [3.05, 3.63) is 24.4 Å². The van der Waals surface area contributed by atoms with E-state index in [-0.39, 0.29) is 37.3 Å². The minimum absolute atomic E-state index is 0. The number of aromatic nitrogens is 1. The molecule has 0 spiro atoms. The van der Waals surface area contributed by atoms with Crippen molar-refractivity contribution < 1.29 is 4.79 Å². The largest absolute Gasteiger partial charge is 0.370 e. The Balaban J connectivity index is 0. The van der Waals surface area contributed by atoms with E-state index in [4.69, 9.17) is 5.73 Å². The van der Waals surface area contributed by atoms with Crippen LogP contribution in [-0.2, 0) is 4.79 Å². The van der Waals surface area contributed by atoms with Gasteiger partial charge in [0.05, 0.1) is 6.54 Å². The van der Waals surface area contributed by atoms with Crippen molar-refractivity contribution in [2.75, 3.05) is 25.0 Å². The zero-order valence-electron chi connectivity index (χ0n) is 10.1. The summed E-state index contributed by atoms with van der Waals surface area (Å²) in [6, 6.07) is 5.75. The maximum atomic E-state index is 10.8. The lowest BCUT2D eigenvalue weighted by Gasteiger charge is -2.05. The van der Waals surface area contributed by atoms with Crippen molar-refractivity contribution >= 4 is 36.5 Å². The van der Waals surface area contributed by atoms with Crippen molar-refractivity contribution in [1.82, 2.24) is 10.3 Å². The van der Waals surface area contributed by atoms with Gasteiger partial charge in [-0.1, -0.05) is 6.07 Å². The van der Waals surface area contributed by atoms with Gasteiger partial charge < -0.3 is 16.4 Å². The van der Waals surface area contributed by atoms with E-state index >= 15 is 0 Å². The first-order valence-electron chi connectivity index (χ1n) is 5.44. The van der Waals surface area contributed by atoms with Gasteiger partial charge in [-0.15, -0.1) is 24.8 Å². The number of nitrogens with two attached hydrogens (primary N) is 1. The highest BCUT2D eigenvalue weighted by molar-refractivity contribution is 5.85. The maximum absolute atomic E-state index is 10.8. The molecule has 1 rings (SSSR count). The van der Waals surface area contributed by atoms with Crippen LogP contribution in [0.4, 0.5) is 5.82 Å². The van der Waals surface area contributed by atoms with Crippen LogP contribution in [0.25, 0.3) is 0 Å². The Bertz CT molecular complexity index is 311. The van der Waals surface area contributed by atoms with Gasteiger partial charge in [0.25, 0.3) is 0 Å². The number of halogens is 2. The number of pyridine rings is 1. The molecule has 18 heavy (non-hydrogen) atoms. The predicted octanol–water partition coefficient (Wildman–Crippen LogP) is 1.19. The molecule has 0 bridgehead atoms. The quantitative estimate of drug-likeness (QED) is 0.660. The second kappa shape index (κ2) is 12.4. The first kappa shape index (κ1) is 19.3. The number of nitrogens with zero attached hydrogens (tertiary/aromatic N) is 1. The van der Waals surface area contributed by atoms with Gasteiger partial charge in [0, 0.05) is 19.3 Å². The maximum Gasteiger partial charge on any atom is 0.233 e. The molecule has 0 saturated carbocycles. The first-order chi connectivity index (χ1) is 7.83. The van der Waals surface area contributed by atoms with Gasteiger partial charge in [-0.25, -0.2) is 4.98 Å². The van der Waals surface area contributed by atoms with Crippen molar-refractivity contribution in [3.8, 4) is 0 Å². The topological polar surface area (TPSA) is 80.0 Å². The molecule has 4 N–H and O–H groups in total. The van der Waals surface area contributed by atoms with Gasteiger partial charge in [0.1, 0.15) is 5.82 Å². The monoisotopic (exact) mass is 294 g/mol. The summed E-state index contributed by atoms with van der Waals surface area (Å²) in [5, 5.41) is 5.92. The lowest BCUT2D eigenvalue weighted by molar-refractivity contribution is -0.119. The van der Waals surface area contributed by atoms with Gasteiger partial charge in [0.15, 0.2) is 0 Å². The fourth-order valence-electron chi connectivity index (χ4n) is 1.23. The van der Waals surface area contributed by atoms with E-state index < -0.39 is 0 Å². The van der Waals surface area contributed by atoms with E-state index in [0.717, 1.165) is 25.2 Å². The van der Waals surface area contributed by atoms with Crippen molar-refractivity contribution in [1.29, 1.82) is 0 Å². The molecule has 0 atom stereocenters. The molecule has 0 fully saturated rings. The molecule has 5 nitrogen and oxygen atoms in total. The third-order valence-electron chi connectivity index (χ3n) is 2.08. The number of hydrogen-bond acceptors (Lipinski definition) is 4. The molecule has 0 aliphatic carbocycles. The lowest BCUT2D eigenvalue weighted by Crippen LogP contribution is -2.31.